The zero-order valence-electron chi connectivity index (χ0n) is 20.5. The number of sulfonamides is 1. The molecule has 2 aromatic carbocycles. The lowest BCUT2D eigenvalue weighted by atomic mass is 9.88. The van der Waals surface area contributed by atoms with Crippen LogP contribution in [0.3, 0.4) is 0 Å². The number of aryl methyl sites for hydroxylation is 1. The minimum atomic E-state index is -3.48. The van der Waals surface area contributed by atoms with E-state index in [4.69, 9.17) is 5.73 Å². The molecule has 0 fully saturated rings. The van der Waals surface area contributed by atoms with Gasteiger partial charge in [0.2, 0.25) is 15.9 Å². The fraction of sp³-hybridized carbons (Fsp3) is 0.500. The third-order valence-corrected chi connectivity index (χ3v) is 6.79. The Bertz CT molecular complexity index is 917. The van der Waals surface area contributed by atoms with E-state index < -0.39 is 16.1 Å². The first-order valence-electron chi connectivity index (χ1n) is 12.1. The van der Waals surface area contributed by atoms with Gasteiger partial charge < -0.3 is 11.1 Å². The van der Waals surface area contributed by atoms with E-state index in [1.807, 2.05) is 39.8 Å². The molecule has 0 bridgehead atoms. The molecule has 1 aliphatic rings. The third-order valence-electron chi connectivity index (χ3n) is 5.32. The third kappa shape index (κ3) is 9.66. The van der Waals surface area contributed by atoms with E-state index in [1.165, 1.54) is 11.1 Å². The average molecular weight is 476 g/mol. The molecule has 0 radical (unpaired) electrons. The van der Waals surface area contributed by atoms with Gasteiger partial charge in [0.05, 0.1) is 10.9 Å². The van der Waals surface area contributed by atoms with Gasteiger partial charge in [-0.1, -0.05) is 76.6 Å². The molecule has 0 spiro atoms. The molecule has 2 aromatic rings. The molecule has 0 heterocycles. The molecule has 0 saturated carbocycles. The topological polar surface area (TPSA) is 101 Å². The molecule has 4 N–H and O–H groups in total. The molecule has 184 valence electrons. The Morgan fingerprint density at radius 2 is 1.58 bits per heavy atom. The predicted molar refractivity (Wildman–Crippen MR) is 137 cm³/mol. The van der Waals surface area contributed by atoms with Crippen LogP contribution in [0.4, 0.5) is 0 Å². The van der Waals surface area contributed by atoms with E-state index in [0.29, 0.717) is 25.8 Å². The summed E-state index contributed by atoms with van der Waals surface area (Å²) in [6.07, 6.45) is 4.58. The smallest absolute Gasteiger partial charge is 0.240 e. The van der Waals surface area contributed by atoms with Crippen LogP contribution in [0.15, 0.2) is 59.5 Å². The van der Waals surface area contributed by atoms with E-state index in [1.54, 1.807) is 30.3 Å². The highest BCUT2D eigenvalue weighted by Gasteiger charge is 2.22. The molecule has 7 heteroatoms. The van der Waals surface area contributed by atoms with Gasteiger partial charge in [0.25, 0.3) is 0 Å². The van der Waals surface area contributed by atoms with Gasteiger partial charge in [0, 0.05) is 12.6 Å². The lowest BCUT2D eigenvalue weighted by molar-refractivity contribution is -0.123. The van der Waals surface area contributed by atoms with Gasteiger partial charge in [-0.2, -0.15) is 0 Å². The number of fused-ring (bicyclic) bond motifs is 1. The summed E-state index contributed by atoms with van der Waals surface area (Å²) in [6.45, 7) is 8.32. The first-order valence-corrected chi connectivity index (χ1v) is 13.6. The summed E-state index contributed by atoms with van der Waals surface area (Å²) in [5, 5.41) is 3.07. The van der Waals surface area contributed by atoms with E-state index in [9.17, 15) is 13.2 Å². The number of hydrogen-bond donors (Lipinski definition) is 3. The molecule has 33 heavy (non-hydrogen) atoms. The highest BCUT2D eigenvalue weighted by molar-refractivity contribution is 7.89. The number of rotatable bonds is 9. The van der Waals surface area contributed by atoms with Crippen molar-refractivity contribution in [2.75, 3.05) is 6.54 Å². The largest absolute Gasteiger partial charge is 0.352 e. The second-order valence-corrected chi connectivity index (χ2v) is 9.30. The zero-order valence-corrected chi connectivity index (χ0v) is 21.3. The Labute approximate surface area is 200 Å². The summed E-state index contributed by atoms with van der Waals surface area (Å²) in [5.41, 5.74) is 8.69. The second kappa shape index (κ2) is 15.6. The van der Waals surface area contributed by atoms with Crippen molar-refractivity contribution in [2.45, 2.75) is 83.2 Å². The Morgan fingerprint density at radius 3 is 2.24 bits per heavy atom. The number of nitrogens with two attached hydrogens (primary N) is 1. The van der Waals surface area contributed by atoms with E-state index in [2.05, 4.69) is 22.2 Å². The highest BCUT2D eigenvalue weighted by Crippen LogP contribution is 2.21. The number of amides is 1. The van der Waals surface area contributed by atoms with Gasteiger partial charge in [-0.3, -0.25) is 4.79 Å². The van der Waals surface area contributed by atoms with Crippen molar-refractivity contribution in [2.24, 2.45) is 5.73 Å². The molecule has 1 amide bonds. The minimum absolute atomic E-state index is 0.126. The second-order valence-electron chi connectivity index (χ2n) is 7.53. The van der Waals surface area contributed by atoms with Crippen molar-refractivity contribution in [1.82, 2.24) is 10.0 Å². The van der Waals surface area contributed by atoms with Crippen LogP contribution in [0, 0.1) is 0 Å². The lowest BCUT2D eigenvalue weighted by Crippen LogP contribution is -2.47. The van der Waals surface area contributed by atoms with E-state index in [0.717, 1.165) is 19.3 Å². The van der Waals surface area contributed by atoms with Crippen molar-refractivity contribution in [1.29, 1.82) is 0 Å². The van der Waals surface area contributed by atoms with Gasteiger partial charge in [0.15, 0.2) is 0 Å². The highest BCUT2D eigenvalue weighted by atomic mass is 32.2. The van der Waals surface area contributed by atoms with Crippen molar-refractivity contribution >= 4 is 15.9 Å². The number of carbonyl (C=O) groups excluding carboxylic acids is 1. The SMILES string of the molecule is CC.CC.NC(CCCCNS(=O)(=O)c1ccccc1)C(=O)NC1CCc2ccccc2C1. The Hall–Kier alpha value is -2.22. The summed E-state index contributed by atoms with van der Waals surface area (Å²) in [5.74, 6) is -0.126. The van der Waals surface area contributed by atoms with Crippen LogP contribution >= 0.6 is 0 Å². The molecule has 2 atom stereocenters. The molecular weight excluding hydrogens is 434 g/mol. The quantitative estimate of drug-likeness (QED) is 0.473. The molecule has 6 nitrogen and oxygen atoms in total. The fourth-order valence-electron chi connectivity index (χ4n) is 3.64. The van der Waals surface area contributed by atoms with Gasteiger partial charge in [0.1, 0.15) is 0 Å². The Morgan fingerprint density at radius 1 is 0.970 bits per heavy atom. The van der Waals surface area contributed by atoms with Crippen LogP contribution in [0.25, 0.3) is 0 Å². The molecule has 0 aromatic heterocycles. The molecule has 0 saturated heterocycles. The maximum atomic E-state index is 12.4. The van der Waals surface area contributed by atoms with Gasteiger partial charge >= 0.3 is 0 Å². The molecule has 2 unspecified atom stereocenters. The number of unbranched alkanes of at least 4 members (excludes halogenated alkanes) is 1. The molecule has 0 aliphatic heterocycles. The maximum absolute atomic E-state index is 12.4. The summed E-state index contributed by atoms with van der Waals surface area (Å²) in [4.78, 5) is 12.6. The number of carbonyl (C=O) groups is 1. The number of nitrogens with one attached hydrogen (secondary N) is 2. The lowest BCUT2D eigenvalue weighted by Gasteiger charge is -2.26. The van der Waals surface area contributed by atoms with E-state index in [-0.39, 0.29) is 16.8 Å². The normalized spacial score (nSPS) is 15.6. The van der Waals surface area contributed by atoms with Crippen LogP contribution in [0.1, 0.15) is 64.5 Å². The van der Waals surface area contributed by atoms with Crippen LogP contribution in [0.5, 0.6) is 0 Å². The van der Waals surface area contributed by atoms with Crippen LogP contribution in [-0.2, 0) is 27.7 Å². The number of benzene rings is 2. The van der Waals surface area contributed by atoms with Gasteiger partial charge in [-0.15, -0.1) is 0 Å². The summed E-state index contributed by atoms with van der Waals surface area (Å²) in [7, 11) is -3.48. The van der Waals surface area contributed by atoms with Crippen molar-refractivity contribution in [3.63, 3.8) is 0 Å². The summed E-state index contributed by atoms with van der Waals surface area (Å²) in [6, 6.07) is 16.2. The maximum Gasteiger partial charge on any atom is 0.240 e. The number of hydrogen-bond acceptors (Lipinski definition) is 4. The van der Waals surface area contributed by atoms with Crippen molar-refractivity contribution in [3.05, 3.63) is 65.7 Å². The average Bonchev–Trinajstić information content (AvgIpc) is 2.86. The Kier molecular flexibility index (Phi) is 13.6. The fourth-order valence-corrected chi connectivity index (χ4v) is 4.73. The summed E-state index contributed by atoms with van der Waals surface area (Å²) >= 11 is 0. The summed E-state index contributed by atoms with van der Waals surface area (Å²) < 4.78 is 26.9. The van der Waals surface area contributed by atoms with Gasteiger partial charge in [-0.25, -0.2) is 13.1 Å². The van der Waals surface area contributed by atoms with E-state index >= 15 is 0 Å². The first kappa shape index (κ1) is 28.8. The minimum Gasteiger partial charge on any atom is -0.352 e. The van der Waals surface area contributed by atoms with Gasteiger partial charge in [-0.05, 0) is 55.4 Å². The monoisotopic (exact) mass is 475 g/mol. The molecular formula is C26H41N3O3S. The Balaban J connectivity index is 0.00000129. The van der Waals surface area contributed by atoms with Crippen molar-refractivity contribution < 1.29 is 13.2 Å². The van der Waals surface area contributed by atoms with Crippen LogP contribution in [-0.4, -0.2) is 33.0 Å². The van der Waals surface area contributed by atoms with Crippen LogP contribution < -0.4 is 15.8 Å². The first-order chi connectivity index (χ1) is 16.0. The molecule has 1 aliphatic carbocycles. The van der Waals surface area contributed by atoms with Crippen molar-refractivity contribution in [3.8, 4) is 0 Å². The predicted octanol–water partition coefficient (Wildman–Crippen LogP) is 4.19. The molecule has 3 rings (SSSR count). The standard InChI is InChI=1S/C22H29N3O3S.2C2H6/c23-21(12-6-7-15-24-29(27,28)20-10-2-1-3-11-20)22(26)25-19-14-13-17-8-4-5-9-18(17)16-19;2*1-2/h1-5,8-11,19,21,24H,6-7,12-16,23H2,(H,25,26);2*1-2H3. The van der Waals surface area contributed by atoms with Crippen LogP contribution in [0.2, 0.25) is 0 Å². The zero-order chi connectivity index (χ0) is 24.7.